The molecule has 56 valence electrons. The van der Waals surface area contributed by atoms with E-state index in [1.807, 2.05) is 11.8 Å². The van der Waals surface area contributed by atoms with Crippen LogP contribution in [0.15, 0.2) is 43.4 Å². The molecule has 0 N–H and O–H groups in total. The lowest BCUT2D eigenvalue weighted by atomic mass is 10.7. The van der Waals surface area contributed by atoms with Gasteiger partial charge in [-0.2, -0.15) is 11.3 Å². The zero-order chi connectivity index (χ0) is 7.52. The van der Waals surface area contributed by atoms with Gasteiger partial charge in [0.1, 0.15) is 0 Å². The van der Waals surface area contributed by atoms with Crippen molar-refractivity contribution in [2.75, 3.05) is 0 Å². The van der Waals surface area contributed by atoms with Crippen molar-refractivity contribution in [1.82, 2.24) is 0 Å². The van der Waals surface area contributed by atoms with Crippen molar-refractivity contribution in [3.05, 3.63) is 34.3 Å². The maximum Gasteiger partial charge on any atom is 0.0646 e. The molecule has 0 aliphatic heterocycles. The summed E-state index contributed by atoms with van der Waals surface area (Å²) < 4.78 is 1.36. The van der Waals surface area contributed by atoms with E-state index < -0.39 is 0 Å². The van der Waals surface area contributed by atoms with Gasteiger partial charge in [-0.1, -0.05) is 17.8 Å². The van der Waals surface area contributed by atoms with Crippen LogP contribution in [0, 0.1) is 0 Å². The maximum atomic E-state index is 2.17. The van der Waals surface area contributed by atoms with E-state index >= 15 is 0 Å². The highest BCUT2D eigenvalue weighted by Gasteiger charge is 1.96. The van der Waals surface area contributed by atoms with Crippen molar-refractivity contribution in [1.29, 1.82) is 0 Å². The fourth-order valence-corrected chi connectivity index (χ4v) is 3.32. The van der Waals surface area contributed by atoms with Crippen molar-refractivity contribution in [3.63, 3.8) is 0 Å². The van der Waals surface area contributed by atoms with Crippen molar-refractivity contribution >= 4 is 34.4 Å². The largest absolute Gasteiger partial charge is 0.151 e. The van der Waals surface area contributed by atoms with E-state index in [2.05, 4.69) is 34.3 Å². The predicted octanol–water partition coefficient (Wildman–Crippen LogP) is 3.96. The van der Waals surface area contributed by atoms with Gasteiger partial charge in [0, 0.05) is 10.3 Å². The van der Waals surface area contributed by atoms with Gasteiger partial charge in [-0.25, -0.2) is 0 Å². The Hall–Kier alpha value is -0.250. The van der Waals surface area contributed by atoms with Crippen LogP contribution in [0.4, 0.5) is 0 Å². The Morgan fingerprint density at radius 2 is 2.18 bits per heavy atom. The first-order chi connectivity index (χ1) is 5.45. The lowest BCUT2D eigenvalue weighted by Gasteiger charge is -1.89. The minimum atomic E-state index is 1.34. The summed E-state index contributed by atoms with van der Waals surface area (Å²) in [6.45, 7) is 0. The average Bonchev–Trinajstić information content (AvgIpc) is 2.60. The summed E-state index contributed by atoms with van der Waals surface area (Å²) in [6, 6.07) is 6.38. The van der Waals surface area contributed by atoms with Gasteiger partial charge in [-0.05, 0) is 22.9 Å². The maximum absolute atomic E-state index is 2.17. The van der Waals surface area contributed by atoms with Crippen LogP contribution >= 0.6 is 34.4 Å². The molecule has 3 heteroatoms. The van der Waals surface area contributed by atoms with Gasteiger partial charge in [0.25, 0.3) is 0 Å². The topological polar surface area (TPSA) is 0 Å². The Balaban J connectivity index is 2.14. The average molecular weight is 198 g/mol. The van der Waals surface area contributed by atoms with E-state index in [1.54, 1.807) is 22.7 Å². The highest BCUT2D eigenvalue weighted by molar-refractivity contribution is 8.01. The van der Waals surface area contributed by atoms with Crippen molar-refractivity contribution in [2.24, 2.45) is 0 Å². The summed E-state index contributed by atoms with van der Waals surface area (Å²) in [5, 5.41) is 6.38. The minimum Gasteiger partial charge on any atom is -0.151 e. The van der Waals surface area contributed by atoms with Crippen LogP contribution in [0.5, 0.6) is 0 Å². The molecule has 0 aliphatic rings. The van der Waals surface area contributed by atoms with E-state index in [0.29, 0.717) is 0 Å². The highest BCUT2D eigenvalue weighted by Crippen LogP contribution is 2.32. The fraction of sp³-hybridized carbons (Fsp3) is 0. The SMILES string of the molecule is c1csc(Sc2ccsc2)c1. The van der Waals surface area contributed by atoms with Crippen LogP contribution in [0.1, 0.15) is 0 Å². The second kappa shape index (κ2) is 3.43. The van der Waals surface area contributed by atoms with E-state index in [4.69, 9.17) is 0 Å². The third-order valence-corrected chi connectivity index (χ3v) is 4.07. The number of hydrogen-bond donors (Lipinski definition) is 0. The molecule has 0 saturated carbocycles. The van der Waals surface area contributed by atoms with Crippen LogP contribution in [-0.2, 0) is 0 Å². The lowest BCUT2D eigenvalue weighted by Crippen LogP contribution is -1.57. The zero-order valence-corrected chi connectivity index (χ0v) is 8.14. The second-order valence-corrected chi connectivity index (χ2v) is 5.09. The first-order valence-corrected chi connectivity index (χ1v) is 5.82. The summed E-state index contributed by atoms with van der Waals surface area (Å²) in [6.07, 6.45) is 0. The molecule has 0 fully saturated rings. The smallest absolute Gasteiger partial charge is 0.0646 e. The summed E-state index contributed by atoms with van der Waals surface area (Å²) in [5.41, 5.74) is 0. The molecule has 0 saturated heterocycles. The Labute approximate surface area is 77.9 Å². The molecule has 11 heavy (non-hydrogen) atoms. The molecule has 0 aliphatic carbocycles. The van der Waals surface area contributed by atoms with Gasteiger partial charge in [0.05, 0.1) is 4.21 Å². The van der Waals surface area contributed by atoms with Crippen LogP contribution in [-0.4, -0.2) is 0 Å². The lowest BCUT2D eigenvalue weighted by molar-refractivity contribution is 1.57. The molecule has 2 heterocycles. The van der Waals surface area contributed by atoms with Crippen LogP contribution in [0.3, 0.4) is 0 Å². The monoisotopic (exact) mass is 198 g/mol. The standard InChI is InChI=1S/C8H6S3/c1-2-8(10-4-1)11-7-3-5-9-6-7/h1-6H. The molecule has 0 nitrogen and oxygen atoms in total. The van der Waals surface area contributed by atoms with E-state index in [9.17, 15) is 0 Å². The highest BCUT2D eigenvalue weighted by atomic mass is 32.2. The first kappa shape index (κ1) is 7.40. The van der Waals surface area contributed by atoms with Gasteiger partial charge >= 0.3 is 0 Å². The van der Waals surface area contributed by atoms with Gasteiger partial charge in [-0.3, -0.25) is 0 Å². The van der Waals surface area contributed by atoms with Crippen molar-refractivity contribution < 1.29 is 0 Å². The third-order valence-electron chi connectivity index (χ3n) is 1.21. The summed E-state index contributed by atoms with van der Waals surface area (Å²) in [5.74, 6) is 0. The normalized spacial score (nSPS) is 10.2. The van der Waals surface area contributed by atoms with E-state index in [0.717, 1.165) is 0 Å². The molecule has 0 spiro atoms. The van der Waals surface area contributed by atoms with Crippen LogP contribution < -0.4 is 0 Å². The minimum absolute atomic E-state index is 1.34. The molecule has 0 aromatic carbocycles. The van der Waals surface area contributed by atoms with Gasteiger partial charge in [0.2, 0.25) is 0 Å². The first-order valence-electron chi connectivity index (χ1n) is 3.19. The molecular weight excluding hydrogens is 192 g/mol. The fourth-order valence-electron chi connectivity index (χ4n) is 0.748. The van der Waals surface area contributed by atoms with Gasteiger partial charge in [0.15, 0.2) is 0 Å². The summed E-state index contributed by atoms with van der Waals surface area (Å²) >= 11 is 5.36. The molecule has 0 bridgehead atoms. The Bertz CT molecular complexity index is 262. The van der Waals surface area contributed by atoms with Gasteiger partial charge < -0.3 is 0 Å². The molecule has 2 aromatic rings. The van der Waals surface area contributed by atoms with Crippen molar-refractivity contribution in [2.45, 2.75) is 9.10 Å². The Morgan fingerprint density at radius 1 is 1.18 bits per heavy atom. The van der Waals surface area contributed by atoms with Gasteiger partial charge in [-0.15, -0.1) is 11.3 Å². The predicted molar refractivity (Wildman–Crippen MR) is 52.8 cm³/mol. The van der Waals surface area contributed by atoms with Crippen LogP contribution in [0.2, 0.25) is 0 Å². The summed E-state index contributed by atoms with van der Waals surface area (Å²) in [4.78, 5) is 1.34. The molecule has 0 amide bonds. The van der Waals surface area contributed by atoms with Crippen LogP contribution in [0.25, 0.3) is 0 Å². The third kappa shape index (κ3) is 1.86. The Morgan fingerprint density at radius 3 is 2.82 bits per heavy atom. The number of hydrogen-bond acceptors (Lipinski definition) is 3. The van der Waals surface area contributed by atoms with E-state index in [-0.39, 0.29) is 0 Å². The number of rotatable bonds is 2. The molecule has 0 atom stereocenters. The zero-order valence-electron chi connectivity index (χ0n) is 5.69. The molecule has 0 radical (unpaired) electrons. The molecular formula is C8H6S3. The molecule has 2 aromatic heterocycles. The molecule has 2 rings (SSSR count). The molecule has 0 unspecified atom stereocenters. The second-order valence-electron chi connectivity index (χ2n) is 1.99. The Kier molecular flexibility index (Phi) is 2.31. The van der Waals surface area contributed by atoms with E-state index in [1.165, 1.54) is 9.10 Å². The summed E-state index contributed by atoms with van der Waals surface area (Å²) in [7, 11) is 0. The number of thiophene rings is 2. The quantitative estimate of drug-likeness (QED) is 0.704. The van der Waals surface area contributed by atoms with Crippen molar-refractivity contribution in [3.8, 4) is 0 Å².